The molecule has 0 saturated carbocycles. The van der Waals surface area contributed by atoms with Gasteiger partial charge in [0.15, 0.2) is 15.7 Å². The molecule has 10 heteroatoms. The highest BCUT2D eigenvalue weighted by atomic mass is 32.2. The molecule has 3 aromatic rings. The van der Waals surface area contributed by atoms with E-state index in [9.17, 15) is 13.2 Å². The number of urea groups is 1. The Balaban J connectivity index is 1.70. The molecule has 0 bridgehead atoms. The highest BCUT2D eigenvalue weighted by molar-refractivity contribution is 7.90. The predicted octanol–water partition coefficient (Wildman–Crippen LogP) is 3.44. The van der Waals surface area contributed by atoms with Gasteiger partial charge in [0.25, 0.3) is 0 Å². The Kier molecular flexibility index (Phi) is 7.32. The molecular formula is C25H29N5O4S. The molecule has 2 amide bonds. The van der Waals surface area contributed by atoms with E-state index in [0.717, 1.165) is 0 Å². The van der Waals surface area contributed by atoms with Crippen LogP contribution in [0.5, 0.6) is 0 Å². The van der Waals surface area contributed by atoms with Gasteiger partial charge < -0.3 is 19.9 Å². The Morgan fingerprint density at radius 3 is 2.49 bits per heavy atom. The van der Waals surface area contributed by atoms with Crippen molar-refractivity contribution >= 4 is 27.4 Å². The molecule has 2 heterocycles. The summed E-state index contributed by atoms with van der Waals surface area (Å²) in [5.41, 5.74) is 1.77. The molecule has 184 valence electrons. The first-order chi connectivity index (χ1) is 16.7. The number of aromatic nitrogens is 2. The molecule has 9 nitrogen and oxygen atoms in total. The number of nitrogens with zero attached hydrogens (tertiary/aromatic N) is 4. The van der Waals surface area contributed by atoms with Crippen LogP contribution >= 0.6 is 0 Å². The third-order valence-corrected chi connectivity index (χ3v) is 7.33. The van der Waals surface area contributed by atoms with Gasteiger partial charge in [0.2, 0.25) is 0 Å². The van der Waals surface area contributed by atoms with Gasteiger partial charge in [0.05, 0.1) is 35.6 Å². The number of benzene rings is 2. The minimum Gasteiger partial charge on any atom is -0.377 e. The van der Waals surface area contributed by atoms with Crippen LogP contribution in [0.15, 0.2) is 65.6 Å². The summed E-state index contributed by atoms with van der Waals surface area (Å²) in [6, 6.07) is 17.1. The van der Waals surface area contributed by atoms with E-state index in [-0.39, 0.29) is 22.7 Å². The standard InChI is InChI=1S/C25H29N5O4S/c1-18-16-34-14-13-30(18)23-15-21(17-35(32,33)22-7-5-4-6-8-22)26-24(28-23)19-9-11-20(12-10-19)27-25(31)29(2)3/h4-12,15,18H,13-14,16-17H2,1-3H3,(H,27,31)/t18-/m0/s1. The molecule has 1 aliphatic rings. The van der Waals surface area contributed by atoms with Crippen molar-refractivity contribution < 1.29 is 17.9 Å². The molecule has 0 radical (unpaired) electrons. The molecule has 0 unspecified atom stereocenters. The summed E-state index contributed by atoms with van der Waals surface area (Å²) in [7, 11) is -0.253. The normalized spacial score (nSPS) is 16.1. The Morgan fingerprint density at radius 2 is 1.83 bits per heavy atom. The van der Waals surface area contributed by atoms with E-state index in [1.807, 2.05) is 19.1 Å². The number of hydrogen-bond donors (Lipinski definition) is 1. The highest BCUT2D eigenvalue weighted by Crippen LogP contribution is 2.26. The Bertz CT molecular complexity index is 1280. The summed E-state index contributed by atoms with van der Waals surface area (Å²) >= 11 is 0. The maximum atomic E-state index is 13.1. The van der Waals surface area contributed by atoms with Crippen LogP contribution in [0.4, 0.5) is 16.3 Å². The predicted molar refractivity (Wildman–Crippen MR) is 135 cm³/mol. The van der Waals surface area contributed by atoms with Crippen LogP contribution in [0.1, 0.15) is 12.6 Å². The largest absolute Gasteiger partial charge is 0.377 e. The zero-order chi connectivity index (χ0) is 25.0. The smallest absolute Gasteiger partial charge is 0.321 e. The van der Waals surface area contributed by atoms with Crippen molar-refractivity contribution in [2.24, 2.45) is 0 Å². The Labute approximate surface area is 205 Å². The monoisotopic (exact) mass is 495 g/mol. The summed E-state index contributed by atoms with van der Waals surface area (Å²) in [5, 5.41) is 2.79. The maximum Gasteiger partial charge on any atom is 0.321 e. The second-order valence-electron chi connectivity index (χ2n) is 8.63. The maximum absolute atomic E-state index is 13.1. The topological polar surface area (TPSA) is 105 Å². The molecule has 1 aromatic heterocycles. The number of carbonyl (C=O) groups is 1. The van der Waals surface area contributed by atoms with Crippen molar-refractivity contribution in [2.45, 2.75) is 23.6 Å². The molecule has 0 spiro atoms. The third kappa shape index (κ3) is 5.95. The Hall–Kier alpha value is -3.50. The van der Waals surface area contributed by atoms with Gasteiger partial charge in [-0.3, -0.25) is 0 Å². The molecular weight excluding hydrogens is 466 g/mol. The summed E-state index contributed by atoms with van der Waals surface area (Å²) < 4.78 is 31.7. The molecule has 1 atom stereocenters. The fourth-order valence-electron chi connectivity index (χ4n) is 3.74. The summed E-state index contributed by atoms with van der Waals surface area (Å²) in [5.74, 6) is 0.842. The number of nitrogens with one attached hydrogen (secondary N) is 1. The molecule has 4 rings (SSSR count). The minimum absolute atomic E-state index is 0.0914. The van der Waals surface area contributed by atoms with Crippen LogP contribution in [-0.4, -0.2) is 69.2 Å². The molecule has 1 N–H and O–H groups in total. The fraction of sp³-hybridized carbons (Fsp3) is 0.320. The van der Waals surface area contributed by atoms with Gasteiger partial charge in [-0.1, -0.05) is 18.2 Å². The van der Waals surface area contributed by atoms with Gasteiger partial charge in [-0.2, -0.15) is 0 Å². The first kappa shape index (κ1) is 24.6. The van der Waals surface area contributed by atoms with Gasteiger partial charge >= 0.3 is 6.03 Å². The number of morpholine rings is 1. The number of hydrogen-bond acceptors (Lipinski definition) is 7. The lowest BCUT2D eigenvalue weighted by molar-refractivity contribution is 0.0985. The SMILES string of the molecule is C[C@H]1COCCN1c1cc(CS(=O)(=O)c2ccccc2)nc(-c2ccc(NC(=O)N(C)C)cc2)n1. The number of carbonyl (C=O) groups excluding carboxylic acids is 1. The van der Waals surface area contributed by atoms with Crippen LogP contribution in [0.25, 0.3) is 11.4 Å². The number of sulfone groups is 1. The molecule has 35 heavy (non-hydrogen) atoms. The van der Waals surface area contributed by atoms with Crippen molar-refractivity contribution in [3.8, 4) is 11.4 Å². The van der Waals surface area contributed by atoms with Gasteiger partial charge in [-0.25, -0.2) is 23.2 Å². The number of amides is 2. The molecule has 1 fully saturated rings. The minimum atomic E-state index is -3.59. The lowest BCUT2D eigenvalue weighted by Crippen LogP contribution is -2.44. The van der Waals surface area contributed by atoms with E-state index >= 15 is 0 Å². The van der Waals surface area contributed by atoms with Crippen molar-refractivity contribution in [2.75, 3.05) is 44.1 Å². The fourth-order valence-corrected chi connectivity index (χ4v) is 5.02. The number of anilines is 2. The third-order valence-electron chi connectivity index (χ3n) is 5.67. The Morgan fingerprint density at radius 1 is 1.11 bits per heavy atom. The van der Waals surface area contributed by atoms with Crippen molar-refractivity contribution in [3.63, 3.8) is 0 Å². The van der Waals surface area contributed by atoms with Crippen LogP contribution in [-0.2, 0) is 20.3 Å². The lowest BCUT2D eigenvalue weighted by atomic mass is 10.2. The zero-order valence-corrected chi connectivity index (χ0v) is 20.8. The average Bonchev–Trinajstić information content (AvgIpc) is 2.85. The van der Waals surface area contributed by atoms with E-state index < -0.39 is 9.84 Å². The van der Waals surface area contributed by atoms with E-state index in [2.05, 4.69) is 15.2 Å². The summed E-state index contributed by atoms with van der Waals surface area (Å²) in [4.78, 5) is 25.1. The van der Waals surface area contributed by atoms with E-state index in [4.69, 9.17) is 9.72 Å². The van der Waals surface area contributed by atoms with Crippen molar-refractivity contribution in [1.29, 1.82) is 0 Å². The molecule has 1 aliphatic heterocycles. The quantitative estimate of drug-likeness (QED) is 0.559. The van der Waals surface area contributed by atoms with Gasteiger partial charge in [0.1, 0.15) is 5.82 Å². The average molecular weight is 496 g/mol. The van der Waals surface area contributed by atoms with Crippen LogP contribution in [0, 0.1) is 0 Å². The lowest BCUT2D eigenvalue weighted by Gasteiger charge is -2.34. The first-order valence-electron chi connectivity index (χ1n) is 11.3. The molecule has 0 aliphatic carbocycles. The second kappa shape index (κ2) is 10.4. The summed E-state index contributed by atoms with van der Waals surface area (Å²) in [6.45, 7) is 3.83. The highest BCUT2D eigenvalue weighted by Gasteiger charge is 2.24. The molecule has 1 saturated heterocycles. The first-order valence-corrected chi connectivity index (χ1v) is 13.0. The van der Waals surface area contributed by atoms with Crippen LogP contribution < -0.4 is 10.2 Å². The molecule has 2 aromatic carbocycles. The van der Waals surface area contributed by atoms with Gasteiger partial charge in [0, 0.05) is 38.0 Å². The van der Waals surface area contributed by atoms with Crippen LogP contribution in [0.3, 0.4) is 0 Å². The number of ether oxygens (including phenoxy) is 1. The van der Waals surface area contributed by atoms with Gasteiger partial charge in [-0.05, 0) is 43.3 Å². The zero-order valence-electron chi connectivity index (χ0n) is 20.0. The van der Waals surface area contributed by atoms with Gasteiger partial charge in [-0.15, -0.1) is 0 Å². The van der Waals surface area contributed by atoms with E-state index in [1.165, 1.54) is 4.90 Å². The van der Waals surface area contributed by atoms with Crippen molar-refractivity contribution in [1.82, 2.24) is 14.9 Å². The summed E-state index contributed by atoms with van der Waals surface area (Å²) in [6.07, 6.45) is 0. The van der Waals surface area contributed by atoms with E-state index in [0.29, 0.717) is 48.3 Å². The van der Waals surface area contributed by atoms with Crippen LogP contribution in [0.2, 0.25) is 0 Å². The second-order valence-corrected chi connectivity index (χ2v) is 10.6. The van der Waals surface area contributed by atoms with E-state index in [1.54, 1.807) is 62.6 Å². The number of rotatable bonds is 6. The van der Waals surface area contributed by atoms with Crippen molar-refractivity contribution in [3.05, 3.63) is 66.4 Å².